The summed E-state index contributed by atoms with van der Waals surface area (Å²) in [5.74, 6) is 1.89. The molecule has 1 aliphatic heterocycles. The molecule has 54 heavy (non-hydrogen) atoms. The first-order valence-electron chi connectivity index (χ1n) is 16.6. The molecule has 10 heteroatoms. The molecule has 0 saturated carbocycles. The highest BCUT2D eigenvalue weighted by Gasteiger charge is 2.28. The zero-order valence-electron chi connectivity index (χ0n) is 29.6. The fourth-order valence-electron chi connectivity index (χ4n) is 5.94. The van der Waals surface area contributed by atoms with E-state index in [-0.39, 0.29) is 11.1 Å². The van der Waals surface area contributed by atoms with Gasteiger partial charge in [-0.25, -0.2) is 13.2 Å². The smallest absolute Gasteiger partial charge is 0.361 e. The summed E-state index contributed by atoms with van der Waals surface area (Å²) in [5.41, 5.74) is 3.33. The van der Waals surface area contributed by atoms with Crippen molar-refractivity contribution in [2.24, 2.45) is 0 Å². The number of rotatable bonds is 10. The largest absolute Gasteiger partial charge is 0.871 e. The lowest BCUT2D eigenvalue weighted by Gasteiger charge is -2.29. The Morgan fingerprint density at radius 3 is 1.56 bits per heavy atom. The first-order valence-corrected chi connectivity index (χ1v) is 16.6. The van der Waals surface area contributed by atoms with Crippen molar-refractivity contribution in [1.29, 1.82) is 0 Å². The number of allylic oxidation sites excluding steroid dienone is 6. The Bertz CT molecular complexity index is 2390. The fourth-order valence-corrected chi connectivity index (χ4v) is 5.94. The number of carbonyl (C=O) groups is 1. The van der Waals surface area contributed by atoms with Gasteiger partial charge in [-0.2, -0.15) is 0 Å². The molecule has 0 amide bonds. The van der Waals surface area contributed by atoms with Crippen LogP contribution in [0.2, 0.25) is 0 Å². The maximum Gasteiger partial charge on any atom is 0.361 e. The second-order valence-corrected chi connectivity index (χ2v) is 12.2. The highest BCUT2D eigenvalue weighted by Crippen LogP contribution is 2.39. The number of methoxy groups -OCH3 is 4. The van der Waals surface area contributed by atoms with Crippen molar-refractivity contribution in [3.8, 4) is 45.6 Å². The standard InChI is InChI=1S/C44H32F2O8/c1-49-33-19-29(20-34(23-33)50-2)41-17-25(15-39(53-41)27-5-9-31(45)10-6-27)13-37-43(47)38(44(37)48)14-26-16-40(28-7-11-32(46)12-8-28)54-42(18-26)30-21-35(51-3)24-36(22-30)52-4/h5-24H,1-4H3. The zero-order chi connectivity index (χ0) is 37.9. The molecule has 4 aromatic carbocycles. The number of ketones is 1. The first-order chi connectivity index (χ1) is 26.1. The van der Waals surface area contributed by atoms with Gasteiger partial charge in [-0.15, -0.1) is 0 Å². The summed E-state index contributed by atoms with van der Waals surface area (Å²) in [5, 5.41) is 13.7. The zero-order valence-corrected chi connectivity index (χ0v) is 29.6. The predicted octanol–water partition coefficient (Wildman–Crippen LogP) is 8.83. The summed E-state index contributed by atoms with van der Waals surface area (Å²) in [6.07, 6.45) is 6.37. The normalized spacial score (nSPS) is 15.3. The minimum Gasteiger partial charge on any atom is -0.871 e. The van der Waals surface area contributed by atoms with Gasteiger partial charge in [-0.05, 0) is 108 Å². The highest BCUT2D eigenvalue weighted by atomic mass is 19.1. The Hall–Kier alpha value is -6.94. The average Bonchev–Trinajstić information content (AvgIpc) is 3.21. The molecule has 0 fully saturated rings. The van der Waals surface area contributed by atoms with Crippen molar-refractivity contribution < 1.29 is 46.8 Å². The number of halogens is 2. The summed E-state index contributed by atoms with van der Waals surface area (Å²) < 4.78 is 61.9. The van der Waals surface area contributed by atoms with Crippen LogP contribution in [0, 0.1) is 11.6 Å². The monoisotopic (exact) mass is 726 g/mol. The van der Waals surface area contributed by atoms with E-state index in [1.54, 1.807) is 84.9 Å². The Balaban J connectivity index is 1.31. The quantitative estimate of drug-likeness (QED) is 0.104. The molecule has 0 spiro atoms. The lowest BCUT2D eigenvalue weighted by molar-refractivity contribution is -0.300. The van der Waals surface area contributed by atoms with Gasteiger partial charge >= 0.3 is 11.5 Å². The maximum atomic E-state index is 13.8. The maximum absolute atomic E-state index is 13.8. The molecule has 2 heterocycles. The molecular formula is C44H32F2O8. The number of hydrogen-bond donors (Lipinski definition) is 0. The van der Waals surface area contributed by atoms with Crippen LogP contribution in [-0.2, 0) is 9.53 Å². The molecule has 1 aromatic heterocycles. The molecular weight excluding hydrogens is 694 g/mol. The Morgan fingerprint density at radius 2 is 1.06 bits per heavy atom. The average molecular weight is 727 g/mol. The third-order valence-corrected chi connectivity index (χ3v) is 8.76. The van der Waals surface area contributed by atoms with Crippen LogP contribution in [0.3, 0.4) is 0 Å². The van der Waals surface area contributed by atoms with Gasteiger partial charge in [0.15, 0.2) is 5.78 Å². The fraction of sp³-hybridized carbons (Fsp3) is 0.0909. The first kappa shape index (κ1) is 35.5. The van der Waals surface area contributed by atoms with Crippen LogP contribution in [0.15, 0.2) is 142 Å². The summed E-state index contributed by atoms with van der Waals surface area (Å²) in [6, 6.07) is 25.4. The SMILES string of the molecule is COc1cc(OC)cc(C2=CC(=CC3=C([O-])C(=Cc4cc(-c5ccc(F)cc5)[o+]c(-c5cc(OC)cc(OC)c5)c4)C3=O)C=C(c3ccc(F)cc3)O2)c1. The van der Waals surface area contributed by atoms with E-state index in [4.69, 9.17) is 28.1 Å². The van der Waals surface area contributed by atoms with Crippen molar-refractivity contribution in [1.82, 2.24) is 0 Å². The van der Waals surface area contributed by atoms with Gasteiger partial charge < -0.3 is 28.8 Å². The van der Waals surface area contributed by atoms with Crippen molar-refractivity contribution in [3.05, 3.63) is 166 Å². The topological polar surface area (TPSA) is 97.6 Å². The van der Waals surface area contributed by atoms with Crippen LogP contribution in [0.4, 0.5) is 8.78 Å². The van der Waals surface area contributed by atoms with Gasteiger partial charge in [0, 0.05) is 34.4 Å². The van der Waals surface area contributed by atoms with E-state index in [1.807, 2.05) is 0 Å². The van der Waals surface area contributed by atoms with Crippen LogP contribution >= 0.6 is 0 Å². The summed E-state index contributed by atoms with van der Waals surface area (Å²) in [6.45, 7) is 0. The van der Waals surface area contributed by atoms with E-state index in [9.17, 15) is 18.7 Å². The van der Waals surface area contributed by atoms with E-state index in [0.717, 1.165) is 0 Å². The number of benzene rings is 4. The molecule has 2 aliphatic rings. The molecule has 0 atom stereocenters. The van der Waals surface area contributed by atoms with Crippen LogP contribution < -0.4 is 24.1 Å². The van der Waals surface area contributed by atoms with Gasteiger partial charge in [0.2, 0.25) is 0 Å². The predicted molar refractivity (Wildman–Crippen MR) is 198 cm³/mol. The molecule has 8 nitrogen and oxygen atoms in total. The summed E-state index contributed by atoms with van der Waals surface area (Å²) >= 11 is 0. The Kier molecular flexibility index (Phi) is 9.83. The van der Waals surface area contributed by atoms with Crippen LogP contribution in [0.1, 0.15) is 16.7 Å². The lowest BCUT2D eigenvalue weighted by atomic mass is 9.85. The number of Topliss-reactive ketones (excluding diaryl/α,β-unsaturated/α-hetero) is 1. The number of carbonyl (C=O) groups excluding carboxylic acids is 1. The molecule has 7 rings (SSSR count). The molecule has 1 aliphatic carbocycles. The van der Waals surface area contributed by atoms with Crippen molar-refractivity contribution in [3.63, 3.8) is 0 Å². The van der Waals surface area contributed by atoms with Gasteiger partial charge in [0.1, 0.15) is 46.2 Å². The van der Waals surface area contributed by atoms with Crippen LogP contribution in [0.5, 0.6) is 23.0 Å². The Labute approximate surface area is 309 Å². The van der Waals surface area contributed by atoms with Gasteiger partial charge in [-0.1, -0.05) is 5.76 Å². The van der Waals surface area contributed by atoms with Crippen LogP contribution in [0.25, 0.3) is 40.2 Å². The molecule has 0 saturated heterocycles. The summed E-state index contributed by atoms with van der Waals surface area (Å²) in [7, 11) is 6.13. The lowest BCUT2D eigenvalue weighted by Crippen LogP contribution is -2.29. The van der Waals surface area contributed by atoms with Crippen molar-refractivity contribution in [2.45, 2.75) is 0 Å². The molecule has 0 unspecified atom stereocenters. The Morgan fingerprint density at radius 1 is 0.593 bits per heavy atom. The summed E-state index contributed by atoms with van der Waals surface area (Å²) in [4.78, 5) is 13.7. The van der Waals surface area contributed by atoms with Crippen molar-refractivity contribution >= 4 is 23.4 Å². The number of ether oxygens (including phenoxy) is 5. The molecule has 0 radical (unpaired) electrons. The van der Waals surface area contributed by atoms with Crippen LogP contribution in [-0.4, -0.2) is 34.2 Å². The minimum absolute atomic E-state index is 0.0242. The molecule has 270 valence electrons. The second kappa shape index (κ2) is 15.0. The molecule has 5 aromatic rings. The van der Waals surface area contributed by atoms with E-state index in [0.29, 0.717) is 79.4 Å². The third kappa shape index (κ3) is 7.35. The minimum atomic E-state index is -0.456. The highest BCUT2D eigenvalue weighted by molar-refractivity contribution is 6.23. The second-order valence-electron chi connectivity index (χ2n) is 12.2. The van der Waals surface area contributed by atoms with E-state index < -0.39 is 23.2 Å². The van der Waals surface area contributed by atoms with E-state index in [1.165, 1.54) is 64.9 Å². The van der Waals surface area contributed by atoms with Gasteiger partial charge in [-0.3, -0.25) is 4.79 Å². The van der Waals surface area contributed by atoms with Gasteiger partial charge in [0.25, 0.3) is 0 Å². The van der Waals surface area contributed by atoms with Crippen molar-refractivity contribution in [2.75, 3.05) is 28.4 Å². The molecule has 0 N–H and O–H groups in total. The molecule has 0 bridgehead atoms. The number of hydrogen-bond acceptors (Lipinski definition) is 7. The van der Waals surface area contributed by atoms with E-state index >= 15 is 0 Å². The van der Waals surface area contributed by atoms with E-state index in [2.05, 4.69) is 0 Å². The van der Waals surface area contributed by atoms with Gasteiger partial charge in [0.05, 0.1) is 51.7 Å². The third-order valence-electron chi connectivity index (χ3n) is 8.76.